The van der Waals surface area contributed by atoms with Crippen LogP contribution in [0.5, 0.6) is 0 Å². The number of hydrogen-bond donors (Lipinski definition) is 1. The first-order valence-corrected chi connectivity index (χ1v) is 4.57. The summed E-state index contributed by atoms with van der Waals surface area (Å²) < 4.78 is 0. The van der Waals surface area contributed by atoms with Gasteiger partial charge in [-0.2, -0.15) is 0 Å². The number of aliphatic hydroxyl groups is 1. The Morgan fingerprint density at radius 2 is 1.75 bits per heavy atom. The highest BCUT2D eigenvalue weighted by molar-refractivity contribution is 6.30. The van der Waals surface area contributed by atoms with E-state index in [9.17, 15) is 0 Å². The predicted molar refractivity (Wildman–Crippen MR) is 51.8 cm³/mol. The average Bonchev–Trinajstić information content (AvgIpc) is 2.17. The summed E-state index contributed by atoms with van der Waals surface area (Å²) in [7, 11) is 0. The molecule has 0 unspecified atom stereocenters. The van der Waals surface area contributed by atoms with E-state index < -0.39 is 5.38 Å². The van der Waals surface area contributed by atoms with E-state index in [1.807, 2.05) is 30.3 Å². The lowest BCUT2D eigenvalue weighted by Gasteiger charge is -2.13. The Balaban J connectivity index is 2.71. The number of benzene rings is 1. The minimum absolute atomic E-state index is 0.107. The molecular formula is C9H10Cl2O. The summed E-state index contributed by atoms with van der Waals surface area (Å²) in [6, 6.07) is 9.48. The van der Waals surface area contributed by atoms with Crippen LogP contribution in [0.1, 0.15) is 10.9 Å². The molecule has 0 aromatic heterocycles. The van der Waals surface area contributed by atoms with Crippen LogP contribution < -0.4 is 0 Å². The van der Waals surface area contributed by atoms with Crippen molar-refractivity contribution in [2.24, 2.45) is 0 Å². The quantitative estimate of drug-likeness (QED) is 0.752. The van der Waals surface area contributed by atoms with Crippen LogP contribution in [-0.2, 0) is 0 Å². The van der Waals surface area contributed by atoms with Gasteiger partial charge in [0.2, 0.25) is 0 Å². The zero-order valence-corrected chi connectivity index (χ0v) is 7.96. The van der Waals surface area contributed by atoms with Gasteiger partial charge in [-0.05, 0) is 5.56 Å². The van der Waals surface area contributed by atoms with Crippen molar-refractivity contribution in [3.63, 3.8) is 0 Å². The number of halogens is 2. The van der Waals surface area contributed by atoms with Gasteiger partial charge in [0.1, 0.15) is 0 Å². The molecule has 1 aromatic carbocycles. The van der Waals surface area contributed by atoms with Crippen LogP contribution in [0, 0.1) is 0 Å². The van der Waals surface area contributed by atoms with Crippen molar-refractivity contribution in [3.8, 4) is 0 Å². The number of rotatable bonds is 3. The Hall–Kier alpha value is -0.240. The van der Waals surface area contributed by atoms with Crippen molar-refractivity contribution in [2.45, 2.75) is 10.8 Å². The number of alkyl halides is 2. The third-order valence-electron chi connectivity index (χ3n) is 1.61. The monoisotopic (exact) mass is 204 g/mol. The summed E-state index contributed by atoms with van der Waals surface area (Å²) in [5, 5.41) is 8.01. The van der Waals surface area contributed by atoms with E-state index in [0.717, 1.165) is 5.56 Å². The first-order chi connectivity index (χ1) is 5.75. The molecule has 1 N–H and O–H groups in total. The van der Waals surface area contributed by atoms with E-state index >= 15 is 0 Å². The molecule has 0 heterocycles. The van der Waals surface area contributed by atoms with Crippen LogP contribution in [-0.4, -0.2) is 17.1 Å². The number of aliphatic hydroxyl groups excluding tert-OH is 1. The summed E-state index contributed by atoms with van der Waals surface area (Å²) in [5.74, 6) is 0. The minimum Gasteiger partial charge on any atom is -0.395 e. The maximum atomic E-state index is 8.75. The third kappa shape index (κ3) is 2.37. The molecular weight excluding hydrogens is 195 g/mol. The molecule has 0 amide bonds. The fourth-order valence-corrected chi connectivity index (χ4v) is 1.31. The fraction of sp³-hybridized carbons (Fsp3) is 0.333. The lowest BCUT2D eigenvalue weighted by molar-refractivity contribution is 0.290. The summed E-state index contributed by atoms with van der Waals surface area (Å²) in [5.41, 5.74) is 0.938. The molecule has 0 saturated heterocycles. The maximum absolute atomic E-state index is 8.75. The highest BCUT2D eigenvalue weighted by atomic mass is 35.5. The van der Waals surface area contributed by atoms with Crippen LogP contribution in [0.25, 0.3) is 0 Å². The molecule has 0 bridgehead atoms. The van der Waals surface area contributed by atoms with Crippen molar-refractivity contribution < 1.29 is 5.11 Å². The third-order valence-corrected chi connectivity index (χ3v) is 2.69. The van der Waals surface area contributed by atoms with Gasteiger partial charge in [-0.3, -0.25) is 0 Å². The molecule has 1 aromatic rings. The molecule has 0 spiro atoms. The van der Waals surface area contributed by atoms with Crippen LogP contribution in [0.4, 0.5) is 0 Å². The van der Waals surface area contributed by atoms with Crippen molar-refractivity contribution in [3.05, 3.63) is 35.9 Å². The SMILES string of the molecule is OC[C@H](Cl)[C@H](Cl)c1ccccc1. The topological polar surface area (TPSA) is 20.2 Å². The Morgan fingerprint density at radius 1 is 1.17 bits per heavy atom. The first-order valence-electron chi connectivity index (χ1n) is 3.69. The molecule has 1 nitrogen and oxygen atoms in total. The molecule has 3 heteroatoms. The molecule has 2 atom stereocenters. The van der Waals surface area contributed by atoms with Crippen LogP contribution in [0.15, 0.2) is 30.3 Å². The normalized spacial score (nSPS) is 15.6. The van der Waals surface area contributed by atoms with Gasteiger partial charge in [0.15, 0.2) is 0 Å². The second-order valence-corrected chi connectivity index (χ2v) is 3.54. The van der Waals surface area contributed by atoms with E-state index in [0.29, 0.717) is 0 Å². The van der Waals surface area contributed by atoms with E-state index in [4.69, 9.17) is 28.3 Å². The van der Waals surface area contributed by atoms with Gasteiger partial charge in [-0.25, -0.2) is 0 Å². The molecule has 12 heavy (non-hydrogen) atoms. The van der Waals surface area contributed by atoms with Crippen molar-refractivity contribution >= 4 is 23.2 Å². The zero-order chi connectivity index (χ0) is 8.97. The van der Waals surface area contributed by atoms with Gasteiger partial charge in [-0.1, -0.05) is 30.3 Å². The van der Waals surface area contributed by atoms with E-state index in [1.54, 1.807) is 0 Å². The summed E-state index contributed by atoms with van der Waals surface area (Å²) in [4.78, 5) is 0. The van der Waals surface area contributed by atoms with Gasteiger partial charge in [0, 0.05) is 0 Å². The van der Waals surface area contributed by atoms with Gasteiger partial charge >= 0.3 is 0 Å². The van der Waals surface area contributed by atoms with E-state index in [2.05, 4.69) is 0 Å². The largest absolute Gasteiger partial charge is 0.395 e. The molecule has 0 saturated carbocycles. The second-order valence-electron chi connectivity index (χ2n) is 2.51. The van der Waals surface area contributed by atoms with Crippen molar-refractivity contribution in [2.75, 3.05) is 6.61 Å². The predicted octanol–water partition coefficient (Wildman–Crippen LogP) is 2.57. The van der Waals surface area contributed by atoms with Gasteiger partial charge in [0.05, 0.1) is 17.4 Å². The molecule has 1 rings (SSSR count). The second kappa shape index (κ2) is 4.70. The highest BCUT2D eigenvalue weighted by Crippen LogP contribution is 2.27. The molecule has 0 radical (unpaired) electrons. The molecule has 0 aliphatic carbocycles. The lowest BCUT2D eigenvalue weighted by atomic mass is 10.1. The molecule has 0 fully saturated rings. The smallest absolute Gasteiger partial charge is 0.0771 e. The standard InChI is InChI=1S/C9H10Cl2O/c10-8(6-12)9(11)7-4-2-1-3-5-7/h1-5,8-9,12H,6H2/t8-,9+/m0/s1. The summed E-state index contributed by atoms with van der Waals surface area (Å²) in [6.45, 7) is -0.107. The van der Waals surface area contributed by atoms with Crippen molar-refractivity contribution in [1.29, 1.82) is 0 Å². The Morgan fingerprint density at radius 3 is 2.25 bits per heavy atom. The Labute approximate surface area is 81.9 Å². The van der Waals surface area contributed by atoms with Crippen molar-refractivity contribution in [1.82, 2.24) is 0 Å². The summed E-state index contributed by atoms with van der Waals surface area (Å²) >= 11 is 11.7. The zero-order valence-electron chi connectivity index (χ0n) is 6.45. The highest BCUT2D eigenvalue weighted by Gasteiger charge is 2.16. The van der Waals surface area contributed by atoms with Crippen LogP contribution in [0.2, 0.25) is 0 Å². The molecule has 66 valence electrons. The van der Waals surface area contributed by atoms with Gasteiger partial charge < -0.3 is 5.11 Å². The minimum atomic E-state index is -0.422. The number of hydrogen-bond acceptors (Lipinski definition) is 1. The van der Waals surface area contributed by atoms with Crippen LogP contribution >= 0.6 is 23.2 Å². The summed E-state index contributed by atoms with van der Waals surface area (Å²) in [6.07, 6.45) is 0. The first kappa shape index (κ1) is 9.85. The Kier molecular flexibility index (Phi) is 3.86. The Bertz CT molecular complexity index is 225. The fourth-order valence-electron chi connectivity index (χ4n) is 0.938. The van der Waals surface area contributed by atoms with Crippen LogP contribution in [0.3, 0.4) is 0 Å². The van der Waals surface area contributed by atoms with E-state index in [1.165, 1.54) is 0 Å². The lowest BCUT2D eigenvalue weighted by Crippen LogP contribution is -2.11. The van der Waals surface area contributed by atoms with Gasteiger partial charge in [-0.15, -0.1) is 23.2 Å². The molecule has 0 aliphatic rings. The average molecular weight is 205 g/mol. The van der Waals surface area contributed by atoms with Gasteiger partial charge in [0.25, 0.3) is 0 Å². The maximum Gasteiger partial charge on any atom is 0.0771 e. The molecule has 0 aliphatic heterocycles. The van der Waals surface area contributed by atoms with E-state index in [-0.39, 0.29) is 12.0 Å².